The number of hydrogen-bond acceptors (Lipinski definition) is 0. The molecule has 4 aliphatic rings. The van der Waals surface area contributed by atoms with Crippen molar-refractivity contribution < 1.29 is 0 Å². The van der Waals surface area contributed by atoms with Gasteiger partial charge in [0.05, 0.1) is 0 Å². The van der Waals surface area contributed by atoms with Gasteiger partial charge in [-0.2, -0.15) is 0 Å². The molecule has 54 valence electrons. The Morgan fingerprint density at radius 2 is 1.50 bits per heavy atom. The van der Waals surface area contributed by atoms with E-state index >= 15 is 0 Å². The Bertz CT molecular complexity index is 196. The second kappa shape index (κ2) is 1.09. The SMILES string of the molecule is C1CC2C1CC21C2CCC21. The van der Waals surface area contributed by atoms with Crippen LogP contribution in [0.1, 0.15) is 32.1 Å². The summed E-state index contributed by atoms with van der Waals surface area (Å²) in [6.45, 7) is 0. The van der Waals surface area contributed by atoms with Gasteiger partial charge in [-0.1, -0.05) is 0 Å². The third kappa shape index (κ3) is 0.258. The molecule has 0 aliphatic heterocycles. The van der Waals surface area contributed by atoms with Crippen LogP contribution in [0.25, 0.3) is 0 Å². The maximum absolute atomic E-state index is 1.66. The minimum Gasteiger partial charge on any atom is -0.0498 e. The van der Waals surface area contributed by atoms with E-state index < -0.39 is 0 Å². The van der Waals surface area contributed by atoms with E-state index in [1.54, 1.807) is 32.1 Å². The minimum absolute atomic E-state index is 1.02. The van der Waals surface area contributed by atoms with Crippen molar-refractivity contribution in [2.24, 2.45) is 29.1 Å². The summed E-state index contributed by atoms with van der Waals surface area (Å²) in [6, 6.07) is 0. The predicted molar refractivity (Wildman–Crippen MR) is 39.5 cm³/mol. The van der Waals surface area contributed by atoms with Crippen LogP contribution in [0.2, 0.25) is 0 Å². The van der Waals surface area contributed by atoms with Gasteiger partial charge in [-0.15, -0.1) is 0 Å². The number of rotatable bonds is 0. The van der Waals surface area contributed by atoms with Crippen LogP contribution in [-0.4, -0.2) is 0 Å². The van der Waals surface area contributed by atoms with Gasteiger partial charge in [-0.25, -0.2) is 0 Å². The van der Waals surface area contributed by atoms with Crippen LogP contribution in [0, 0.1) is 29.1 Å². The van der Waals surface area contributed by atoms with E-state index in [1.807, 2.05) is 0 Å². The van der Waals surface area contributed by atoms with Gasteiger partial charge in [0.15, 0.2) is 0 Å². The third-order valence-corrected chi connectivity index (χ3v) is 5.27. The predicted octanol–water partition coefficient (Wildman–Crippen LogP) is 2.44. The lowest BCUT2D eigenvalue weighted by Gasteiger charge is -2.55. The van der Waals surface area contributed by atoms with Gasteiger partial charge in [0, 0.05) is 0 Å². The lowest BCUT2D eigenvalue weighted by Crippen LogP contribution is -2.47. The minimum atomic E-state index is 1.02. The van der Waals surface area contributed by atoms with Crippen molar-refractivity contribution in [3.8, 4) is 0 Å². The fraction of sp³-hybridized carbons (Fsp3) is 1.00. The fourth-order valence-corrected chi connectivity index (χ4v) is 4.49. The van der Waals surface area contributed by atoms with Gasteiger partial charge in [0.2, 0.25) is 0 Å². The van der Waals surface area contributed by atoms with Gasteiger partial charge in [-0.05, 0) is 61.2 Å². The molecule has 4 saturated carbocycles. The van der Waals surface area contributed by atoms with Crippen LogP contribution in [-0.2, 0) is 0 Å². The average molecular weight is 134 g/mol. The molecular weight excluding hydrogens is 120 g/mol. The normalized spacial score (nSPS) is 74.4. The van der Waals surface area contributed by atoms with Crippen molar-refractivity contribution in [3.05, 3.63) is 0 Å². The third-order valence-electron chi connectivity index (χ3n) is 5.27. The summed E-state index contributed by atoms with van der Waals surface area (Å²) >= 11 is 0. The second-order valence-corrected chi connectivity index (χ2v) is 5.05. The smallest absolute Gasteiger partial charge is 0.0202 e. The quantitative estimate of drug-likeness (QED) is 0.477. The molecule has 4 aliphatic carbocycles. The first-order valence-corrected chi connectivity index (χ1v) is 4.93. The van der Waals surface area contributed by atoms with Crippen LogP contribution in [0.3, 0.4) is 0 Å². The Hall–Kier alpha value is 0. The summed E-state index contributed by atoms with van der Waals surface area (Å²) in [5.41, 5.74) is 1.02. The largest absolute Gasteiger partial charge is 0.0498 e. The molecule has 0 nitrogen and oxygen atoms in total. The number of fused-ring (bicyclic) bond motifs is 5. The van der Waals surface area contributed by atoms with Crippen molar-refractivity contribution in [2.75, 3.05) is 0 Å². The maximum atomic E-state index is 1.66. The van der Waals surface area contributed by atoms with Crippen LogP contribution >= 0.6 is 0 Å². The van der Waals surface area contributed by atoms with Gasteiger partial charge >= 0.3 is 0 Å². The maximum Gasteiger partial charge on any atom is -0.0202 e. The molecule has 0 radical (unpaired) electrons. The summed E-state index contributed by atoms with van der Waals surface area (Å²) in [5, 5.41) is 0. The zero-order valence-corrected chi connectivity index (χ0v) is 6.34. The first-order chi connectivity index (χ1) is 4.93. The lowest BCUT2D eigenvalue weighted by molar-refractivity contribution is -0.0574. The zero-order valence-electron chi connectivity index (χ0n) is 6.34. The van der Waals surface area contributed by atoms with E-state index in [4.69, 9.17) is 0 Å². The molecule has 0 bridgehead atoms. The molecule has 4 fully saturated rings. The molecule has 4 rings (SSSR count). The number of hydrogen-bond donors (Lipinski definition) is 0. The van der Waals surface area contributed by atoms with Crippen LogP contribution in [0.5, 0.6) is 0 Å². The Morgan fingerprint density at radius 3 is 1.80 bits per heavy atom. The van der Waals surface area contributed by atoms with Crippen LogP contribution in [0.15, 0.2) is 0 Å². The van der Waals surface area contributed by atoms with E-state index in [2.05, 4.69) is 0 Å². The van der Waals surface area contributed by atoms with Crippen molar-refractivity contribution in [1.82, 2.24) is 0 Å². The molecule has 0 aromatic rings. The molecule has 0 saturated heterocycles. The summed E-state index contributed by atoms with van der Waals surface area (Å²) in [4.78, 5) is 0. The monoisotopic (exact) mass is 134 g/mol. The van der Waals surface area contributed by atoms with E-state index in [0.29, 0.717) is 0 Å². The highest BCUT2D eigenvalue weighted by Crippen LogP contribution is 2.85. The van der Waals surface area contributed by atoms with Crippen LogP contribution < -0.4 is 0 Å². The highest BCUT2D eigenvalue weighted by Gasteiger charge is 2.79. The molecular formula is C10H14. The van der Waals surface area contributed by atoms with Crippen molar-refractivity contribution in [2.45, 2.75) is 32.1 Å². The van der Waals surface area contributed by atoms with Gasteiger partial charge in [0.1, 0.15) is 0 Å². The van der Waals surface area contributed by atoms with E-state index in [1.165, 1.54) is 23.7 Å². The van der Waals surface area contributed by atoms with Crippen molar-refractivity contribution >= 4 is 0 Å². The molecule has 0 aromatic heterocycles. The van der Waals surface area contributed by atoms with Gasteiger partial charge in [0.25, 0.3) is 0 Å². The first kappa shape index (κ1) is 4.79. The van der Waals surface area contributed by atoms with Gasteiger partial charge in [-0.3, -0.25) is 0 Å². The molecule has 4 atom stereocenters. The molecule has 0 amide bonds. The average Bonchev–Trinajstić information content (AvgIpc) is 2.22. The summed E-state index contributed by atoms with van der Waals surface area (Å²) in [5.74, 6) is 5.00. The molecule has 0 heteroatoms. The molecule has 0 heterocycles. The molecule has 4 unspecified atom stereocenters. The van der Waals surface area contributed by atoms with Crippen LogP contribution in [0.4, 0.5) is 0 Å². The Kier molecular flexibility index (Phi) is 0.522. The first-order valence-electron chi connectivity index (χ1n) is 4.93. The van der Waals surface area contributed by atoms with E-state index in [9.17, 15) is 0 Å². The summed E-state index contributed by atoms with van der Waals surface area (Å²) < 4.78 is 0. The van der Waals surface area contributed by atoms with Crippen molar-refractivity contribution in [3.63, 3.8) is 0 Å². The van der Waals surface area contributed by atoms with E-state index in [0.717, 1.165) is 5.41 Å². The van der Waals surface area contributed by atoms with Gasteiger partial charge < -0.3 is 0 Å². The van der Waals surface area contributed by atoms with E-state index in [-0.39, 0.29) is 0 Å². The lowest BCUT2D eigenvalue weighted by atomic mass is 9.50. The highest BCUT2D eigenvalue weighted by molar-refractivity contribution is 5.27. The Labute approximate surface area is 62.0 Å². The molecule has 10 heavy (non-hydrogen) atoms. The summed E-state index contributed by atoms with van der Waals surface area (Å²) in [7, 11) is 0. The highest BCUT2D eigenvalue weighted by atomic mass is 14.8. The Morgan fingerprint density at radius 1 is 0.800 bits per heavy atom. The Balaban J connectivity index is 1.72. The van der Waals surface area contributed by atoms with Crippen molar-refractivity contribution in [1.29, 1.82) is 0 Å². The topological polar surface area (TPSA) is 0 Å². The fourth-order valence-electron chi connectivity index (χ4n) is 4.49. The second-order valence-electron chi connectivity index (χ2n) is 5.05. The zero-order chi connectivity index (χ0) is 6.34. The molecule has 1 spiro atoms. The molecule has 0 N–H and O–H groups in total. The standard InChI is InChI=1S/C10H14/c1-2-7-6(1)5-10(7)8-3-4-9(8)10/h6-9H,1-5H2. The molecule has 0 aromatic carbocycles. The summed E-state index contributed by atoms with van der Waals surface area (Å²) in [6.07, 6.45) is 8.07.